The number of carbonyl (C=O) groups is 2. The Labute approximate surface area is 163 Å². The summed E-state index contributed by atoms with van der Waals surface area (Å²) in [6, 6.07) is 3.84. The van der Waals surface area contributed by atoms with Crippen LogP contribution in [0.2, 0.25) is 0 Å². The summed E-state index contributed by atoms with van der Waals surface area (Å²) in [5, 5.41) is 7.53. The smallest absolute Gasteiger partial charge is 0.407 e. The lowest BCUT2D eigenvalue weighted by atomic mass is 10.1. The van der Waals surface area contributed by atoms with Gasteiger partial charge < -0.3 is 19.8 Å². The van der Waals surface area contributed by atoms with Crippen LogP contribution in [0.15, 0.2) is 21.9 Å². The SMILES string of the molecule is Cc1oc(-c2cccs2)nc1CC(=O)NC(C)(C)CNC(=O)OC(C)(C)C. The summed E-state index contributed by atoms with van der Waals surface area (Å²) >= 11 is 1.53. The molecule has 0 spiro atoms. The topological polar surface area (TPSA) is 93.5 Å². The monoisotopic (exact) mass is 393 g/mol. The number of aromatic nitrogens is 1. The highest BCUT2D eigenvalue weighted by atomic mass is 32.1. The zero-order chi connectivity index (χ0) is 20.2. The first-order valence-electron chi connectivity index (χ1n) is 8.73. The second-order valence-electron chi connectivity index (χ2n) is 7.96. The van der Waals surface area contributed by atoms with E-state index in [1.807, 2.05) is 31.4 Å². The van der Waals surface area contributed by atoms with Crippen LogP contribution in [-0.2, 0) is 16.0 Å². The van der Waals surface area contributed by atoms with Gasteiger partial charge in [-0.25, -0.2) is 9.78 Å². The van der Waals surface area contributed by atoms with Crippen LogP contribution in [0.25, 0.3) is 10.8 Å². The molecule has 8 heteroatoms. The van der Waals surface area contributed by atoms with E-state index in [2.05, 4.69) is 15.6 Å². The Bertz CT molecular complexity index is 788. The molecule has 0 atom stereocenters. The Morgan fingerprint density at radius 2 is 1.96 bits per heavy atom. The van der Waals surface area contributed by atoms with E-state index in [1.165, 1.54) is 11.3 Å². The Hall–Kier alpha value is -2.35. The van der Waals surface area contributed by atoms with Crippen molar-refractivity contribution < 1.29 is 18.7 Å². The average molecular weight is 394 g/mol. The number of alkyl carbamates (subject to hydrolysis) is 1. The number of aryl methyl sites for hydroxylation is 1. The summed E-state index contributed by atoms with van der Waals surface area (Å²) in [7, 11) is 0. The molecular formula is C19H27N3O4S. The van der Waals surface area contributed by atoms with Gasteiger partial charge in [-0.1, -0.05) is 6.07 Å². The molecule has 0 bridgehead atoms. The molecule has 0 aliphatic carbocycles. The molecule has 0 aliphatic heterocycles. The zero-order valence-electron chi connectivity index (χ0n) is 16.6. The molecular weight excluding hydrogens is 366 g/mol. The number of nitrogens with zero attached hydrogens (tertiary/aromatic N) is 1. The predicted molar refractivity (Wildman–Crippen MR) is 105 cm³/mol. The van der Waals surface area contributed by atoms with Gasteiger partial charge in [0.1, 0.15) is 11.4 Å². The lowest BCUT2D eigenvalue weighted by Gasteiger charge is -2.27. The maximum absolute atomic E-state index is 12.4. The summed E-state index contributed by atoms with van der Waals surface area (Å²) in [5.41, 5.74) is -0.600. The lowest BCUT2D eigenvalue weighted by Crippen LogP contribution is -2.52. The molecule has 0 unspecified atom stereocenters. The van der Waals surface area contributed by atoms with E-state index in [0.717, 1.165) is 4.88 Å². The van der Waals surface area contributed by atoms with Gasteiger partial charge in [-0.2, -0.15) is 0 Å². The number of hydrogen-bond donors (Lipinski definition) is 2. The van der Waals surface area contributed by atoms with Crippen LogP contribution in [0, 0.1) is 6.92 Å². The molecule has 2 amide bonds. The minimum atomic E-state index is -0.637. The Morgan fingerprint density at radius 3 is 2.56 bits per heavy atom. The van der Waals surface area contributed by atoms with E-state index < -0.39 is 17.2 Å². The largest absolute Gasteiger partial charge is 0.444 e. The molecule has 2 aromatic rings. The van der Waals surface area contributed by atoms with Gasteiger partial charge in [0, 0.05) is 6.54 Å². The summed E-state index contributed by atoms with van der Waals surface area (Å²) in [6.07, 6.45) is -0.408. The van der Waals surface area contributed by atoms with Gasteiger partial charge >= 0.3 is 6.09 Å². The second-order valence-corrected chi connectivity index (χ2v) is 8.91. The van der Waals surface area contributed by atoms with Gasteiger partial charge in [-0.3, -0.25) is 4.79 Å². The van der Waals surface area contributed by atoms with Crippen molar-refractivity contribution in [3.8, 4) is 10.8 Å². The van der Waals surface area contributed by atoms with Crippen LogP contribution in [0.3, 0.4) is 0 Å². The number of nitrogens with one attached hydrogen (secondary N) is 2. The fraction of sp³-hybridized carbons (Fsp3) is 0.526. The quantitative estimate of drug-likeness (QED) is 0.781. The highest BCUT2D eigenvalue weighted by Gasteiger charge is 2.24. The van der Waals surface area contributed by atoms with Crippen LogP contribution >= 0.6 is 11.3 Å². The minimum Gasteiger partial charge on any atom is -0.444 e. The second kappa shape index (κ2) is 8.12. The van der Waals surface area contributed by atoms with Gasteiger partial charge in [-0.15, -0.1) is 11.3 Å². The van der Waals surface area contributed by atoms with E-state index in [9.17, 15) is 9.59 Å². The summed E-state index contributed by atoms with van der Waals surface area (Å²) in [6.45, 7) is 11.1. The first-order valence-corrected chi connectivity index (χ1v) is 9.61. The van der Waals surface area contributed by atoms with Gasteiger partial charge in [-0.05, 0) is 53.0 Å². The highest BCUT2D eigenvalue weighted by Crippen LogP contribution is 2.26. The van der Waals surface area contributed by atoms with Crippen molar-refractivity contribution in [1.82, 2.24) is 15.6 Å². The third-order valence-corrected chi connectivity index (χ3v) is 4.36. The molecule has 2 aromatic heterocycles. The molecule has 2 N–H and O–H groups in total. The van der Waals surface area contributed by atoms with Crippen LogP contribution in [0.4, 0.5) is 4.79 Å². The van der Waals surface area contributed by atoms with Crippen molar-refractivity contribution in [1.29, 1.82) is 0 Å². The number of hydrogen-bond acceptors (Lipinski definition) is 6. The molecule has 0 aromatic carbocycles. The zero-order valence-corrected chi connectivity index (χ0v) is 17.5. The third kappa shape index (κ3) is 6.71. The molecule has 0 radical (unpaired) electrons. The molecule has 0 fully saturated rings. The lowest BCUT2D eigenvalue weighted by molar-refractivity contribution is -0.122. The average Bonchev–Trinajstić information content (AvgIpc) is 3.13. The van der Waals surface area contributed by atoms with Gasteiger partial charge in [0.25, 0.3) is 0 Å². The standard InChI is InChI=1S/C19H27N3O4S/c1-12-13(21-16(25-12)14-8-7-9-27-14)10-15(23)22-19(5,6)11-20-17(24)26-18(2,3)4/h7-9H,10-11H2,1-6H3,(H,20,24)(H,22,23). The van der Waals surface area contributed by atoms with E-state index in [-0.39, 0.29) is 18.9 Å². The van der Waals surface area contributed by atoms with Gasteiger partial charge in [0.2, 0.25) is 11.8 Å². The maximum Gasteiger partial charge on any atom is 0.407 e. The Balaban J connectivity index is 1.90. The van der Waals surface area contributed by atoms with E-state index in [0.29, 0.717) is 17.3 Å². The third-order valence-electron chi connectivity index (χ3n) is 3.50. The summed E-state index contributed by atoms with van der Waals surface area (Å²) in [5.74, 6) is 0.953. The van der Waals surface area contributed by atoms with Crippen molar-refractivity contribution >= 4 is 23.3 Å². The predicted octanol–water partition coefficient (Wildman–Crippen LogP) is 3.67. The van der Waals surface area contributed by atoms with Crippen molar-refractivity contribution in [3.63, 3.8) is 0 Å². The molecule has 27 heavy (non-hydrogen) atoms. The normalized spacial score (nSPS) is 11.9. The fourth-order valence-corrected chi connectivity index (χ4v) is 2.97. The van der Waals surface area contributed by atoms with Crippen LogP contribution in [0.5, 0.6) is 0 Å². The molecule has 148 valence electrons. The first-order chi connectivity index (χ1) is 12.5. The van der Waals surface area contributed by atoms with E-state index >= 15 is 0 Å². The molecule has 0 saturated carbocycles. The first kappa shape index (κ1) is 21.0. The number of amides is 2. The van der Waals surface area contributed by atoms with Gasteiger partial charge in [0.15, 0.2) is 0 Å². The van der Waals surface area contributed by atoms with Crippen molar-refractivity contribution in [2.24, 2.45) is 0 Å². The van der Waals surface area contributed by atoms with Crippen LogP contribution in [-0.4, -0.2) is 34.7 Å². The highest BCUT2D eigenvalue weighted by molar-refractivity contribution is 7.13. The van der Waals surface area contributed by atoms with Crippen LogP contribution < -0.4 is 10.6 Å². The number of rotatable bonds is 6. The van der Waals surface area contributed by atoms with E-state index in [1.54, 1.807) is 27.7 Å². The van der Waals surface area contributed by atoms with Crippen molar-refractivity contribution in [3.05, 3.63) is 29.0 Å². The Morgan fingerprint density at radius 1 is 1.26 bits per heavy atom. The molecule has 7 nitrogen and oxygen atoms in total. The molecule has 0 saturated heterocycles. The van der Waals surface area contributed by atoms with Gasteiger partial charge in [0.05, 0.1) is 22.5 Å². The molecule has 0 aliphatic rings. The number of thiophene rings is 1. The van der Waals surface area contributed by atoms with Crippen LogP contribution in [0.1, 0.15) is 46.1 Å². The molecule has 2 heterocycles. The fourth-order valence-electron chi connectivity index (χ4n) is 2.32. The maximum atomic E-state index is 12.4. The summed E-state index contributed by atoms with van der Waals surface area (Å²) in [4.78, 5) is 29.5. The number of carbonyl (C=O) groups excluding carboxylic acids is 2. The summed E-state index contributed by atoms with van der Waals surface area (Å²) < 4.78 is 10.9. The number of oxazole rings is 1. The van der Waals surface area contributed by atoms with Crippen molar-refractivity contribution in [2.45, 2.75) is 59.1 Å². The minimum absolute atomic E-state index is 0.108. The van der Waals surface area contributed by atoms with E-state index in [4.69, 9.17) is 9.15 Å². The number of ether oxygens (including phenoxy) is 1. The molecule has 2 rings (SSSR count). The van der Waals surface area contributed by atoms with Crippen molar-refractivity contribution in [2.75, 3.05) is 6.54 Å². The Kier molecular flexibility index (Phi) is 6.30.